The Kier molecular flexibility index (Phi) is 5.92. The first-order chi connectivity index (χ1) is 8.47. The summed E-state index contributed by atoms with van der Waals surface area (Å²) in [5.74, 6) is 0.714. The van der Waals surface area contributed by atoms with Crippen LogP contribution in [0.25, 0.3) is 0 Å². The molecule has 0 atom stereocenters. The van der Waals surface area contributed by atoms with Crippen molar-refractivity contribution < 1.29 is 4.79 Å². The van der Waals surface area contributed by atoms with E-state index < -0.39 is 0 Å². The van der Waals surface area contributed by atoms with E-state index in [1.165, 1.54) is 5.56 Å². The molecular formula is C14H25N3O. The lowest BCUT2D eigenvalue weighted by Gasteiger charge is -2.08. The minimum Gasteiger partial charge on any atom is -0.352 e. The lowest BCUT2D eigenvalue weighted by atomic mass is 10.2. The highest BCUT2D eigenvalue weighted by Gasteiger charge is 2.04. The molecule has 1 aromatic rings. The fourth-order valence-corrected chi connectivity index (χ4v) is 1.73. The van der Waals surface area contributed by atoms with E-state index in [1.54, 1.807) is 0 Å². The van der Waals surface area contributed by atoms with E-state index in [-0.39, 0.29) is 11.9 Å². The van der Waals surface area contributed by atoms with Gasteiger partial charge < -0.3 is 15.2 Å². The Bertz CT molecular complexity index is 369. The smallest absolute Gasteiger partial charge is 0.240 e. The van der Waals surface area contributed by atoms with Gasteiger partial charge in [-0.25, -0.2) is 0 Å². The molecule has 102 valence electrons. The van der Waals surface area contributed by atoms with Gasteiger partial charge in [0.2, 0.25) is 5.91 Å². The topological polar surface area (TPSA) is 46.1 Å². The number of aromatic nitrogens is 1. The summed E-state index contributed by atoms with van der Waals surface area (Å²) in [5, 5.41) is 6.27. The van der Waals surface area contributed by atoms with Crippen molar-refractivity contribution >= 4 is 5.91 Å². The summed E-state index contributed by atoms with van der Waals surface area (Å²) in [6, 6.07) is 2.25. The predicted molar refractivity (Wildman–Crippen MR) is 74.3 cm³/mol. The van der Waals surface area contributed by atoms with Crippen molar-refractivity contribution in [3.63, 3.8) is 0 Å². The average Bonchev–Trinajstić information content (AvgIpc) is 2.63. The first-order valence-electron chi connectivity index (χ1n) is 6.62. The first-order valence-corrected chi connectivity index (χ1v) is 6.62. The standard InChI is InChI=1S/C14H25N3O/c1-11(2)7-15-8-13-5-6-17(9-13)10-14(18)16-12(3)4/h5-6,9,11-12,15H,7-8,10H2,1-4H3,(H,16,18). The molecule has 1 amide bonds. The van der Waals surface area contributed by atoms with Crippen LogP contribution in [0.3, 0.4) is 0 Å². The Morgan fingerprint density at radius 1 is 1.33 bits per heavy atom. The molecule has 0 bridgehead atoms. The SMILES string of the molecule is CC(C)CNCc1ccn(CC(=O)NC(C)C)c1. The fraction of sp³-hybridized carbons (Fsp3) is 0.643. The van der Waals surface area contributed by atoms with Crippen molar-refractivity contribution in [3.05, 3.63) is 24.0 Å². The van der Waals surface area contributed by atoms with Crippen molar-refractivity contribution in [2.45, 2.75) is 46.8 Å². The molecule has 0 radical (unpaired) electrons. The molecule has 0 aliphatic heterocycles. The Balaban J connectivity index is 2.36. The number of nitrogens with zero attached hydrogens (tertiary/aromatic N) is 1. The van der Waals surface area contributed by atoms with Crippen molar-refractivity contribution in [1.82, 2.24) is 15.2 Å². The molecule has 4 heteroatoms. The van der Waals surface area contributed by atoms with Gasteiger partial charge in [0.1, 0.15) is 6.54 Å². The van der Waals surface area contributed by atoms with Gasteiger partial charge in [0.05, 0.1) is 0 Å². The third-order valence-electron chi connectivity index (χ3n) is 2.47. The molecule has 2 N–H and O–H groups in total. The summed E-state index contributed by atoms with van der Waals surface area (Å²) in [6.45, 7) is 10.6. The van der Waals surface area contributed by atoms with Crippen molar-refractivity contribution in [3.8, 4) is 0 Å². The summed E-state index contributed by atoms with van der Waals surface area (Å²) in [4.78, 5) is 11.6. The van der Waals surface area contributed by atoms with E-state index in [9.17, 15) is 4.79 Å². The maximum atomic E-state index is 11.6. The van der Waals surface area contributed by atoms with Gasteiger partial charge in [-0.2, -0.15) is 0 Å². The zero-order chi connectivity index (χ0) is 13.5. The van der Waals surface area contributed by atoms with Gasteiger partial charge in [-0.15, -0.1) is 0 Å². The lowest BCUT2D eigenvalue weighted by molar-refractivity contribution is -0.122. The van der Waals surface area contributed by atoms with Crippen LogP contribution in [0.5, 0.6) is 0 Å². The van der Waals surface area contributed by atoms with E-state index in [4.69, 9.17) is 0 Å². The second kappa shape index (κ2) is 7.21. The molecule has 0 aliphatic rings. The molecule has 4 nitrogen and oxygen atoms in total. The van der Waals surface area contributed by atoms with Crippen molar-refractivity contribution in [2.75, 3.05) is 6.54 Å². The number of nitrogens with one attached hydrogen (secondary N) is 2. The number of rotatable bonds is 7. The zero-order valence-corrected chi connectivity index (χ0v) is 11.9. The van der Waals surface area contributed by atoms with E-state index in [0.29, 0.717) is 12.5 Å². The molecule has 0 saturated heterocycles. The second-order valence-corrected chi connectivity index (χ2v) is 5.44. The minimum atomic E-state index is 0.0577. The molecule has 0 spiro atoms. The van der Waals surface area contributed by atoms with Gasteiger partial charge in [0, 0.05) is 25.0 Å². The van der Waals surface area contributed by atoms with Gasteiger partial charge >= 0.3 is 0 Å². The van der Waals surface area contributed by atoms with Gasteiger partial charge in [0.25, 0.3) is 0 Å². The summed E-state index contributed by atoms with van der Waals surface area (Å²) in [5.41, 5.74) is 1.22. The van der Waals surface area contributed by atoms with Gasteiger partial charge in [-0.1, -0.05) is 13.8 Å². The van der Waals surface area contributed by atoms with E-state index in [1.807, 2.05) is 30.8 Å². The van der Waals surface area contributed by atoms with Crippen LogP contribution in [-0.2, 0) is 17.9 Å². The van der Waals surface area contributed by atoms with E-state index >= 15 is 0 Å². The highest BCUT2D eigenvalue weighted by Crippen LogP contribution is 2.01. The molecule has 0 saturated carbocycles. The molecule has 1 rings (SSSR count). The number of hydrogen-bond acceptors (Lipinski definition) is 2. The van der Waals surface area contributed by atoms with E-state index in [2.05, 4.69) is 30.5 Å². The molecular weight excluding hydrogens is 226 g/mol. The Labute approximate surface area is 110 Å². The molecule has 0 fully saturated rings. The highest BCUT2D eigenvalue weighted by atomic mass is 16.2. The van der Waals surface area contributed by atoms with Crippen LogP contribution in [0.1, 0.15) is 33.3 Å². The molecule has 1 aromatic heterocycles. The van der Waals surface area contributed by atoms with Crippen LogP contribution in [0.4, 0.5) is 0 Å². The fourth-order valence-electron chi connectivity index (χ4n) is 1.73. The van der Waals surface area contributed by atoms with Crippen LogP contribution in [0.15, 0.2) is 18.5 Å². The van der Waals surface area contributed by atoms with Gasteiger partial charge in [0.15, 0.2) is 0 Å². The number of amides is 1. The molecule has 18 heavy (non-hydrogen) atoms. The van der Waals surface area contributed by atoms with Crippen LogP contribution in [0, 0.1) is 5.92 Å². The third-order valence-corrected chi connectivity index (χ3v) is 2.47. The number of carbonyl (C=O) groups is 1. The van der Waals surface area contributed by atoms with Gasteiger partial charge in [-0.3, -0.25) is 4.79 Å². The number of hydrogen-bond donors (Lipinski definition) is 2. The lowest BCUT2D eigenvalue weighted by Crippen LogP contribution is -2.32. The minimum absolute atomic E-state index is 0.0577. The second-order valence-electron chi connectivity index (χ2n) is 5.44. The largest absolute Gasteiger partial charge is 0.352 e. The van der Waals surface area contributed by atoms with Crippen LogP contribution in [-0.4, -0.2) is 23.1 Å². The third kappa shape index (κ3) is 5.87. The number of carbonyl (C=O) groups excluding carboxylic acids is 1. The van der Waals surface area contributed by atoms with Crippen LogP contribution in [0.2, 0.25) is 0 Å². The maximum Gasteiger partial charge on any atom is 0.240 e. The monoisotopic (exact) mass is 251 g/mol. The summed E-state index contributed by atoms with van der Waals surface area (Å²) < 4.78 is 1.92. The van der Waals surface area contributed by atoms with Crippen molar-refractivity contribution in [2.24, 2.45) is 5.92 Å². The van der Waals surface area contributed by atoms with Crippen LogP contribution >= 0.6 is 0 Å². The van der Waals surface area contributed by atoms with Crippen LogP contribution < -0.4 is 10.6 Å². The summed E-state index contributed by atoms with van der Waals surface area (Å²) in [6.07, 6.45) is 3.97. The quantitative estimate of drug-likeness (QED) is 0.775. The average molecular weight is 251 g/mol. The first kappa shape index (κ1) is 14.8. The molecule has 1 heterocycles. The molecule has 0 aliphatic carbocycles. The van der Waals surface area contributed by atoms with Crippen molar-refractivity contribution in [1.29, 1.82) is 0 Å². The molecule has 0 unspecified atom stereocenters. The maximum absolute atomic E-state index is 11.6. The zero-order valence-electron chi connectivity index (χ0n) is 11.9. The molecule has 0 aromatic carbocycles. The van der Waals surface area contributed by atoms with E-state index in [0.717, 1.165) is 13.1 Å². The van der Waals surface area contributed by atoms with Gasteiger partial charge in [-0.05, 0) is 37.9 Å². The predicted octanol–water partition coefficient (Wildman–Crippen LogP) is 1.76. The summed E-state index contributed by atoms with van der Waals surface area (Å²) in [7, 11) is 0. The normalized spacial score (nSPS) is 11.2. The Hall–Kier alpha value is -1.29. The Morgan fingerprint density at radius 3 is 2.67 bits per heavy atom. The summed E-state index contributed by atoms with van der Waals surface area (Å²) >= 11 is 0. The highest BCUT2D eigenvalue weighted by molar-refractivity contribution is 5.75. The Morgan fingerprint density at radius 2 is 2.06 bits per heavy atom.